The Morgan fingerprint density at radius 3 is 1.39 bits per heavy atom. The first-order valence-corrected chi connectivity index (χ1v) is 12.0. The molecule has 0 radical (unpaired) electrons. The minimum atomic E-state index is -0.905. The summed E-state index contributed by atoms with van der Waals surface area (Å²) < 4.78 is 0. The van der Waals surface area contributed by atoms with Crippen LogP contribution in [-0.4, -0.2) is 11.1 Å². The van der Waals surface area contributed by atoms with Gasteiger partial charge in [-0.1, -0.05) is 140 Å². The van der Waals surface area contributed by atoms with Gasteiger partial charge in [0.2, 0.25) is 0 Å². The fourth-order valence-corrected chi connectivity index (χ4v) is 3.43. The Hall–Kier alpha value is -1.31. The van der Waals surface area contributed by atoms with Crippen LogP contribution in [0, 0.1) is 0 Å². The first kappa shape index (κ1) is 26.7. The predicted octanol–water partition coefficient (Wildman–Crippen LogP) is 8.78. The number of allylic oxidation sites excluding steroid dienone is 5. The average molecular weight is 391 g/mol. The third-order valence-electron chi connectivity index (χ3n) is 5.18. The number of aliphatic carboxylic acids is 1. The van der Waals surface area contributed by atoms with Crippen LogP contribution < -0.4 is 0 Å². The molecule has 2 nitrogen and oxygen atoms in total. The van der Waals surface area contributed by atoms with Crippen LogP contribution in [-0.2, 0) is 4.79 Å². The van der Waals surface area contributed by atoms with Gasteiger partial charge in [0, 0.05) is 6.08 Å². The smallest absolute Gasteiger partial charge is 0.328 e. The van der Waals surface area contributed by atoms with Gasteiger partial charge in [-0.25, -0.2) is 4.79 Å². The highest BCUT2D eigenvalue weighted by atomic mass is 16.4. The maximum atomic E-state index is 10.3. The highest BCUT2D eigenvalue weighted by Gasteiger charge is 1.94. The Kier molecular flexibility index (Phi) is 22.6. The van der Waals surface area contributed by atoms with Crippen molar-refractivity contribution in [3.05, 3.63) is 36.5 Å². The third-order valence-corrected chi connectivity index (χ3v) is 5.18. The van der Waals surface area contributed by atoms with Gasteiger partial charge < -0.3 is 5.11 Å². The standard InChI is InChI=1S/C26H46O2/c1-2-3-4-5-6-7-8-9-10-11-12-13-14-15-16-17-18-19-20-21-22-23-24-25-26(27)28/h20-25H,2-19H2,1H3,(H,27,28). The molecule has 0 saturated carbocycles. The first-order chi connectivity index (χ1) is 13.8. The maximum Gasteiger partial charge on any atom is 0.328 e. The number of carbonyl (C=O) groups is 1. The molecule has 0 aliphatic heterocycles. The Balaban J connectivity index is 3.15. The van der Waals surface area contributed by atoms with Crippen LogP contribution in [0.1, 0.15) is 122 Å². The zero-order chi connectivity index (χ0) is 20.5. The molecule has 0 heterocycles. The largest absolute Gasteiger partial charge is 0.478 e. The van der Waals surface area contributed by atoms with Crippen molar-refractivity contribution >= 4 is 5.97 Å². The van der Waals surface area contributed by atoms with E-state index in [2.05, 4.69) is 13.0 Å². The van der Waals surface area contributed by atoms with Gasteiger partial charge in [-0.2, -0.15) is 0 Å². The molecule has 0 atom stereocenters. The SMILES string of the molecule is CCCCCCCCCCCCCCCCCCCC=CC=CC=CC(=O)O. The normalized spacial score (nSPS) is 12.0. The summed E-state index contributed by atoms with van der Waals surface area (Å²) >= 11 is 0. The molecule has 0 bridgehead atoms. The summed E-state index contributed by atoms with van der Waals surface area (Å²) in [7, 11) is 0. The quantitative estimate of drug-likeness (QED) is 0.121. The van der Waals surface area contributed by atoms with Crippen molar-refractivity contribution in [2.75, 3.05) is 0 Å². The van der Waals surface area contributed by atoms with Crippen LogP contribution in [0.2, 0.25) is 0 Å². The molecule has 0 aliphatic rings. The van der Waals surface area contributed by atoms with Gasteiger partial charge in [-0.05, 0) is 12.8 Å². The second-order valence-electron chi connectivity index (χ2n) is 7.96. The monoisotopic (exact) mass is 390 g/mol. The van der Waals surface area contributed by atoms with E-state index in [0.717, 1.165) is 12.5 Å². The van der Waals surface area contributed by atoms with Crippen molar-refractivity contribution in [2.24, 2.45) is 0 Å². The van der Waals surface area contributed by atoms with Gasteiger partial charge in [-0.3, -0.25) is 0 Å². The topological polar surface area (TPSA) is 37.3 Å². The van der Waals surface area contributed by atoms with Crippen LogP contribution in [0.25, 0.3) is 0 Å². The van der Waals surface area contributed by atoms with Crippen LogP contribution in [0.4, 0.5) is 0 Å². The van der Waals surface area contributed by atoms with Gasteiger partial charge in [0.1, 0.15) is 0 Å². The van der Waals surface area contributed by atoms with E-state index >= 15 is 0 Å². The first-order valence-electron chi connectivity index (χ1n) is 12.0. The second-order valence-corrected chi connectivity index (χ2v) is 7.96. The molecule has 0 rings (SSSR count). The second kappa shape index (κ2) is 23.7. The lowest BCUT2D eigenvalue weighted by Crippen LogP contribution is -1.84. The lowest BCUT2D eigenvalue weighted by atomic mass is 10.0. The molecule has 0 aromatic rings. The highest BCUT2D eigenvalue weighted by Crippen LogP contribution is 2.14. The molecule has 2 heteroatoms. The van der Waals surface area contributed by atoms with Crippen molar-refractivity contribution in [3.63, 3.8) is 0 Å². The fourth-order valence-electron chi connectivity index (χ4n) is 3.43. The van der Waals surface area contributed by atoms with E-state index < -0.39 is 5.97 Å². The molecule has 0 aromatic heterocycles. The van der Waals surface area contributed by atoms with E-state index in [1.165, 1.54) is 109 Å². The number of hydrogen-bond donors (Lipinski definition) is 1. The van der Waals surface area contributed by atoms with Crippen LogP contribution in [0.3, 0.4) is 0 Å². The fraction of sp³-hybridized carbons (Fsp3) is 0.731. The van der Waals surface area contributed by atoms with Crippen LogP contribution >= 0.6 is 0 Å². The van der Waals surface area contributed by atoms with Crippen molar-refractivity contribution in [2.45, 2.75) is 122 Å². The molecule has 1 N–H and O–H groups in total. The molecule has 0 spiro atoms. The van der Waals surface area contributed by atoms with E-state index in [-0.39, 0.29) is 0 Å². The summed E-state index contributed by atoms with van der Waals surface area (Å²) in [6.07, 6.45) is 35.6. The third kappa shape index (κ3) is 24.7. The number of hydrogen-bond acceptors (Lipinski definition) is 1. The molecule has 0 fully saturated rings. The molecule has 0 amide bonds. The molecule has 0 unspecified atom stereocenters. The van der Waals surface area contributed by atoms with E-state index in [4.69, 9.17) is 5.11 Å². The van der Waals surface area contributed by atoms with Crippen molar-refractivity contribution < 1.29 is 9.90 Å². The molecular weight excluding hydrogens is 344 g/mol. The van der Waals surface area contributed by atoms with E-state index in [1.807, 2.05) is 12.2 Å². The summed E-state index contributed by atoms with van der Waals surface area (Å²) in [6.45, 7) is 2.28. The predicted molar refractivity (Wildman–Crippen MR) is 124 cm³/mol. The Morgan fingerprint density at radius 1 is 0.571 bits per heavy atom. The summed E-state index contributed by atoms with van der Waals surface area (Å²) in [6, 6.07) is 0. The highest BCUT2D eigenvalue weighted by molar-refractivity contribution is 5.80. The number of unbranched alkanes of at least 4 members (excludes halogenated alkanes) is 17. The zero-order valence-electron chi connectivity index (χ0n) is 18.5. The molecule has 0 aromatic carbocycles. The van der Waals surface area contributed by atoms with Crippen LogP contribution in [0.5, 0.6) is 0 Å². The van der Waals surface area contributed by atoms with Crippen molar-refractivity contribution in [3.8, 4) is 0 Å². The number of rotatable bonds is 21. The Labute approximate surface area is 175 Å². The van der Waals surface area contributed by atoms with Gasteiger partial charge in [0.25, 0.3) is 0 Å². The minimum absolute atomic E-state index is 0.905. The van der Waals surface area contributed by atoms with Gasteiger partial charge in [-0.15, -0.1) is 0 Å². The van der Waals surface area contributed by atoms with Gasteiger partial charge >= 0.3 is 5.97 Å². The molecule has 0 aliphatic carbocycles. The maximum absolute atomic E-state index is 10.3. The lowest BCUT2D eigenvalue weighted by Gasteiger charge is -2.03. The van der Waals surface area contributed by atoms with Crippen LogP contribution in [0.15, 0.2) is 36.5 Å². The molecule has 0 saturated heterocycles. The number of carboxylic acids is 1. The number of carboxylic acid groups (broad SMARTS) is 1. The van der Waals surface area contributed by atoms with E-state index in [0.29, 0.717) is 0 Å². The van der Waals surface area contributed by atoms with Gasteiger partial charge in [0.05, 0.1) is 0 Å². The van der Waals surface area contributed by atoms with E-state index in [9.17, 15) is 4.79 Å². The summed E-state index contributed by atoms with van der Waals surface area (Å²) in [5.41, 5.74) is 0. The summed E-state index contributed by atoms with van der Waals surface area (Å²) in [4.78, 5) is 10.3. The Morgan fingerprint density at radius 2 is 0.964 bits per heavy atom. The van der Waals surface area contributed by atoms with Crippen molar-refractivity contribution in [1.29, 1.82) is 0 Å². The Bertz CT molecular complexity index is 407. The summed E-state index contributed by atoms with van der Waals surface area (Å²) in [5.74, 6) is -0.905. The van der Waals surface area contributed by atoms with E-state index in [1.54, 1.807) is 12.2 Å². The van der Waals surface area contributed by atoms with Crippen molar-refractivity contribution in [1.82, 2.24) is 0 Å². The summed E-state index contributed by atoms with van der Waals surface area (Å²) in [5, 5.41) is 8.45. The molecular formula is C26H46O2. The molecule has 162 valence electrons. The average Bonchev–Trinajstić information content (AvgIpc) is 2.68. The lowest BCUT2D eigenvalue weighted by molar-refractivity contribution is -0.131. The van der Waals surface area contributed by atoms with Gasteiger partial charge in [0.15, 0.2) is 0 Å². The zero-order valence-corrected chi connectivity index (χ0v) is 18.5. The minimum Gasteiger partial charge on any atom is -0.478 e. The molecule has 28 heavy (non-hydrogen) atoms.